The Balaban J connectivity index is 1.80. The molecule has 0 aromatic rings. The molecule has 0 radical (unpaired) electrons. The number of hydrogen-bond donors (Lipinski definition) is 2. The van der Waals surface area contributed by atoms with Crippen LogP contribution >= 0.6 is 0 Å². The number of hydrogen-bond acceptors (Lipinski definition) is 3. The van der Waals surface area contributed by atoms with Crippen LogP contribution in [0.25, 0.3) is 0 Å². The minimum Gasteiger partial charge on any atom is -0.481 e. The molecule has 0 aromatic heterocycles. The van der Waals surface area contributed by atoms with Crippen LogP contribution in [0.15, 0.2) is 0 Å². The first kappa shape index (κ1) is 11.2. The summed E-state index contributed by atoms with van der Waals surface area (Å²) >= 11 is 0. The number of carboxylic acids is 1. The van der Waals surface area contributed by atoms with Crippen LogP contribution < -0.4 is 5.73 Å². The molecule has 2 saturated heterocycles. The first-order chi connectivity index (χ1) is 7.61. The Morgan fingerprint density at radius 3 is 2.44 bits per heavy atom. The molecule has 2 aliphatic rings. The van der Waals surface area contributed by atoms with E-state index in [1.54, 1.807) is 9.80 Å². The van der Waals surface area contributed by atoms with Gasteiger partial charge in [0.2, 0.25) is 0 Å². The molecule has 1 unspecified atom stereocenters. The van der Waals surface area contributed by atoms with Gasteiger partial charge in [-0.05, 0) is 18.9 Å². The standard InChI is InChI=1S/C10H17N3O3/c11-3-7-1-2-12(4-7)10(16)13-5-8(6-13)9(14)15/h7-8H,1-6,11H2,(H,14,15). The lowest BCUT2D eigenvalue weighted by Crippen LogP contribution is -2.56. The van der Waals surface area contributed by atoms with Crippen LogP contribution in [0.5, 0.6) is 0 Å². The maximum atomic E-state index is 11.9. The zero-order chi connectivity index (χ0) is 11.7. The molecular formula is C10H17N3O3. The average molecular weight is 227 g/mol. The van der Waals surface area contributed by atoms with Crippen LogP contribution in [-0.4, -0.2) is 59.6 Å². The van der Waals surface area contributed by atoms with E-state index in [4.69, 9.17) is 10.8 Å². The molecule has 2 fully saturated rings. The summed E-state index contributed by atoms with van der Waals surface area (Å²) < 4.78 is 0. The third-order valence-corrected chi connectivity index (χ3v) is 3.39. The number of carbonyl (C=O) groups excluding carboxylic acids is 1. The van der Waals surface area contributed by atoms with E-state index in [-0.39, 0.29) is 11.9 Å². The van der Waals surface area contributed by atoms with Crippen molar-refractivity contribution in [2.75, 3.05) is 32.7 Å². The SMILES string of the molecule is NCC1CCN(C(=O)N2CC(C(=O)O)C2)C1. The minimum atomic E-state index is -0.815. The number of amides is 2. The van der Waals surface area contributed by atoms with Crippen molar-refractivity contribution in [1.29, 1.82) is 0 Å². The van der Waals surface area contributed by atoms with Gasteiger partial charge in [0.15, 0.2) is 0 Å². The Morgan fingerprint density at radius 2 is 1.94 bits per heavy atom. The smallest absolute Gasteiger partial charge is 0.320 e. The van der Waals surface area contributed by atoms with Gasteiger partial charge in [0.1, 0.15) is 0 Å². The second kappa shape index (κ2) is 4.29. The number of carbonyl (C=O) groups is 2. The largest absolute Gasteiger partial charge is 0.481 e. The highest BCUT2D eigenvalue weighted by molar-refractivity contribution is 5.80. The second-order valence-corrected chi connectivity index (χ2v) is 4.56. The van der Waals surface area contributed by atoms with Crippen LogP contribution in [0.3, 0.4) is 0 Å². The normalized spacial score (nSPS) is 25.7. The summed E-state index contributed by atoms with van der Waals surface area (Å²) in [7, 11) is 0. The molecule has 1 atom stereocenters. The fourth-order valence-corrected chi connectivity index (χ4v) is 2.19. The summed E-state index contributed by atoms with van der Waals surface area (Å²) in [6, 6.07) is -0.0338. The maximum absolute atomic E-state index is 11.9. The van der Waals surface area contributed by atoms with E-state index in [9.17, 15) is 9.59 Å². The fourth-order valence-electron chi connectivity index (χ4n) is 2.19. The first-order valence-corrected chi connectivity index (χ1v) is 5.58. The van der Waals surface area contributed by atoms with Gasteiger partial charge in [-0.2, -0.15) is 0 Å². The van der Waals surface area contributed by atoms with Crippen molar-refractivity contribution >= 4 is 12.0 Å². The molecule has 2 rings (SSSR count). The van der Waals surface area contributed by atoms with E-state index in [1.165, 1.54) is 0 Å². The zero-order valence-electron chi connectivity index (χ0n) is 9.13. The highest BCUT2D eigenvalue weighted by atomic mass is 16.4. The Bertz CT molecular complexity index is 302. The monoisotopic (exact) mass is 227 g/mol. The van der Waals surface area contributed by atoms with E-state index >= 15 is 0 Å². The lowest BCUT2D eigenvalue weighted by molar-refractivity contribution is -0.146. The van der Waals surface area contributed by atoms with E-state index < -0.39 is 5.97 Å². The van der Waals surface area contributed by atoms with Gasteiger partial charge < -0.3 is 20.6 Å². The Kier molecular flexibility index (Phi) is 3.00. The quantitative estimate of drug-likeness (QED) is 0.659. The van der Waals surface area contributed by atoms with Gasteiger partial charge in [-0.25, -0.2) is 4.79 Å². The molecule has 3 N–H and O–H groups in total. The highest BCUT2D eigenvalue weighted by Gasteiger charge is 2.38. The topological polar surface area (TPSA) is 86.9 Å². The predicted molar refractivity (Wildman–Crippen MR) is 56.8 cm³/mol. The fraction of sp³-hybridized carbons (Fsp3) is 0.800. The third-order valence-electron chi connectivity index (χ3n) is 3.39. The van der Waals surface area contributed by atoms with Crippen molar-refractivity contribution in [2.45, 2.75) is 6.42 Å². The maximum Gasteiger partial charge on any atom is 0.320 e. The van der Waals surface area contributed by atoms with Crippen LogP contribution in [0.1, 0.15) is 6.42 Å². The molecule has 0 spiro atoms. The van der Waals surface area contributed by atoms with Crippen molar-refractivity contribution in [3.63, 3.8) is 0 Å². The lowest BCUT2D eigenvalue weighted by Gasteiger charge is -2.39. The van der Waals surface area contributed by atoms with Crippen molar-refractivity contribution in [1.82, 2.24) is 9.80 Å². The molecule has 90 valence electrons. The number of urea groups is 1. The van der Waals surface area contributed by atoms with Crippen LogP contribution in [0.2, 0.25) is 0 Å². The molecule has 6 heteroatoms. The van der Waals surface area contributed by atoms with Gasteiger partial charge >= 0.3 is 12.0 Å². The summed E-state index contributed by atoms with van der Waals surface area (Å²) in [6.07, 6.45) is 0.957. The summed E-state index contributed by atoms with van der Waals surface area (Å²) in [4.78, 5) is 25.8. The first-order valence-electron chi connectivity index (χ1n) is 5.58. The van der Waals surface area contributed by atoms with Gasteiger partial charge in [-0.15, -0.1) is 0 Å². The van der Waals surface area contributed by atoms with E-state index in [0.29, 0.717) is 32.1 Å². The second-order valence-electron chi connectivity index (χ2n) is 4.56. The molecule has 16 heavy (non-hydrogen) atoms. The Labute approximate surface area is 94.0 Å². The van der Waals surface area contributed by atoms with Crippen molar-refractivity contribution in [3.8, 4) is 0 Å². The van der Waals surface area contributed by atoms with Crippen LogP contribution in [-0.2, 0) is 4.79 Å². The number of carboxylic acid groups (broad SMARTS) is 1. The van der Waals surface area contributed by atoms with E-state index in [2.05, 4.69) is 0 Å². The van der Waals surface area contributed by atoms with Gasteiger partial charge in [-0.3, -0.25) is 4.79 Å². The number of likely N-dealkylation sites (tertiary alicyclic amines) is 2. The Hall–Kier alpha value is -1.30. The molecule has 0 saturated carbocycles. The van der Waals surface area contributed by atoms with Gasteiger partial charge in [-0.1, -0.05) is 0 Å². The molecule has 0 aromatic carbocycles. The molecule has 6 nitrogen and oxygen atoms in total. The summed E-state index contributed by atoms with van der Waals surface area (Å²) in [6.45, 7) is 2.76. The van der Waals surface area contributed by atoms with Crippen LogP contribution in [0.4, 0.5) is 4.79 Å². The van der Waals surface area contributed by atoms with E-state index in [1.807, 2.05) is 0 Å². The number of aliphatic carboxylic acids is 1. The molecule has 2 amide bonds. The predicted octanol–water partition coefficient (Wildman–Crippen LogP) is -0.597. The number of nitrogens with two attached hydrogens (primary N) is 1. The van der Waals surface area contributed by atoms with Crippen molar-refractivity contribution in [3.05, 3.63) is 0 Å². The van der Waals surface area contributed by atoms with Crippen molar-refractivity contribution in [2.24, 2.45) is 17.6 Å². The summed E-state index contributed by atoms with van der Waals surface area (Å²) in [5, 5.41) is 8.71. The lowest BCUT2D eigenvalue weighted by atomic mass is 10.0. The number of nitrogens with zero attached hydrogens (tertiary/aromatic N) is 2. The average Bonchev–Trinajstić information content (AvgIpc) is 2.62. The van der Waals surface area contributed by atoms with Gasteiger partial charge in [0.05, 0.1) is 5.92 Å². The minimum absolute atomic E-state index is 0.0338. The summed E-state index contributed by atoms with van der Waals surface area (Å²) in [5.74, 6) is -0.789. The Morgan fingerprint density at radius 1 is 1.25 bits per heavy atom. The third kappa shape index (κ3) is 1.97. The highest BCUT2D eigenvalue weighted by Crippen LogP contribution is 2.21. The molecular weight excluding hydrogens is 210 g/mol. The van der Waals surface area contributed by atoms with E-state index in [0.717, 1.165) is 13.0 Å². The van der Waals surface area contributed by atoms with Crippen molar-refractivity contribution < 1.29 is 14.7 Å². The van der Waals surface area contributed by atoms with Gasteiger partial charge in [0, 0.05) is 26.2 Å². The zero-order valence-corrected chi connectivity index (χ0v) is 9.13. The molecule has 2 heterocycles. The molecule has 0 aliphatic carbocycles. The van der Waals surface area contributed by atoms with Crippen LogP contribution in [0, 0.1) is 11.8 Å². The number of rotatable bonds is 2. The molecule has 2 aliphatic heterocycles. The van der Waals surface area contributed by atoms with Gasteiger partial charge in [0.25, 0.3) is 0 Å². The summed E-state index contributed by atoms with van der Waals surface area (Å²) in [5.41, 5.74) is 5.55. The molecule has 0 bridgehead atoms.